The van der Waals surface area contributed by atoms with Crippen molar-refractivity contribution in [2.24, 2.45) is 5.92 Å². The number of hydrogen-bond acceptors (Lipinski definition) is 4. The maximum absolute atomic E-state index is 13.3. The van der Waals surface area contributed by atoms with Crippen LogP contribution in [0.4, 0.5) is 0 Å². The first-order valence-electron chi connectivity index (χ1n) is 11.0. The fraction of sp³-hybridized carbons (Fsp3) is 0.458. The van der Waals surface area contributed by atoms with Crippen LogP contribution in [0.5, 0.6) is 0 Å². The van der Waals surface area contributed by atoms with E-state index < -0.39 is 0 Å². The van der Waals surface area contributed by atoms with Crippen molar-refractivity contribution in [2.45, 2.75) is 38.1 Å². The van der Waals surface area contributed by atoms with Gasteiger partial charge < -0.3 is 10.3 Å². The van der Waals surface area contributed by atoms with Crippen LogP contribution in [0.3, 0.4) is 0 Å². The number of imide groups is 1. The number of nitrogens with one attached hydrogen (secondary N) is 2. The van der Waals surface area contributed by atoms with Crippen molar-refractivity contribution in [2.75, 3.05) is 26.2 Å². The molecule has 3 amide bonds. The Bertz CT molecular complexity index is 998. The number of carbonyl (C=O) groups excluding carboxylic acids is 3. The summed E-state index contributed by atoms with van der Waals surface area (Å²) in [5, 5.41) is 4.00. The molecule has 4 rings (SSSR count). The first-order chi connectivity index (χ1) is 15.0. The number of nitrogens with zero attached hydrogens (tertiary/aromatic N) is 2. The number of piperidine rings is 1. The van der Waals surface area contributed by atoms with Gasteiger partial charge in [0.1, 0.15) is 0 Å². The molecule has 2 aromatic rings. The maximum atomic E-state index is 13.3. The zero-order valence-electron chi connectivity index (χ0n) is 18.0. The first-order valence-corrected chi connectivity index (χ1v) is 11.0. The van der Waals surface area contributed by atoms with E-state index in [9.17, 15) is 14.4 Å². The lowest BCUT2D eigenvalue weighted by Gasteiger charge is -2.46. The molecule has 1 aromatic heterocycles. The van der Waals surface area contributed by atoms with E-state index in [2.05, 4.69) is 46.2 Å². The zero-order valence-corrected chi connectivity index (χ0v) is 18.0. The third-order valence-corrected chi connectivity index (χ3v) is 6.65. The van der Waals surface area contributed by atoms with Gasteiger partial charge in [0.15, 0.2) is 0 Å². The molecule has 2 heterocycles. The number of hydrogen-bond donors (Lipinski definition) is 2. The Hall–Kier alpha value is -2.93. The highest BCUT2D eigenvalue weighted by Crippen LogP contribution is 2.45. The molecule has 1 fully saturated rings. The number of rotatable bonds is 8. The minimum absolute atomic E-state index is 0.113. The summed E-state index contributed by atoms with van der Waals surface area (Å²) in [7, 11) is 0. The fourth-order valence-corrected chi connectivity index (χ4v) is 5.32. The highest BCUT2D eigenvalue weighted by Gasteiger charge is 2.43. The third-order valence-electron chi connectivity index (χ3n) is 6.65. The molecule has 1 aromatic carbocycles. The van der Waals surface area contributed by atoms with E-state index in [0.29, 0.717) is 45.1 Å². The lowest BCUT2D eigenvalue weighted by atomic mass is 9.72. The molecular formula is C24H30N4O3. The van der Waals surface area contributed by atoms with Crippen LogP contribution in [0, 0.1) is 5.92 Å². The highest BCUT2D eigenvalue weighted by atomic mass is 16.2. The van der Waals surface area contributed by atoms with E-state index in [1.807, 2.05) is 6.08 Å². The molecule has 0 saturated carbocycles. The molecule has 0 bridgehead atoms. The van der Waals surface area contributed by atoms with Gasteiger partial charge >= 0.3 is 0 Å². The van der Waals surface area contributed by atoms with E-state index in [4.69, 9.17) is 0 Å². The van der Waals surface area contributed by atoms with Crippen LogP contribution in [-0.2, 0) is 20.8 Å². The first kappa shape index (κ1) is 21.3. The Morgan fingerprint density at radius 3 is 2.97 bits per heavy atom. The van der Waals surface area contributed by atoms with E-state index >= 15 is 0 Å². The number of amides is 3. The summed E-state index contributed by atoms with van der Waals surface area (Å²) in [6.45, 7) is 7.47. The predicted molar refractivity (Wildman–Crippen MR) is 119 cm³/mol. The van der Waals surface area contributed by atoms with Crippen molar-refractivity contribution < 1.29 is 14.4 Å². The fourth-order valence-electron chi connectivity index (χ4n) is 5.32. The zero-order chi connectivity index (χ0) is 22.0. The van der Waals surface area contributed by atoms with Gasteiger partial charge in [-0.2, -0.15) is 0 Å². The van der Waals surface area contributed by atoms with Crippen LogP contribution in [-0.4, -0.2) is 65.2 Å². The van der Waals surface area contributed by atoms with Crippen LogP contribution in [0.2, 0.25) is 0 Å². The van der Waals surface area contributed by atoms with Gasteiger partial charge in [0.25, 0.3) is 0 Å². The highest BCUT2D eigenvalue weighted by molar-refractivity contribution is 5.90. The Morgan fingerprint density at radius 1 is 1.39 bits per heavy atom. The number of aromatic nitrogens is 1. The quantitative estimate of drug-likeness (QED) is 0.388. The van der Waals surface area contributed by atoms with E-state index in [-0.39, 0.29) is 23.7 Å². The van der Waals surface area contributed by atoms with Gasteiger partial charge in [-0.3, -0.25) is 24.2 Å². The van der Waals surface area contributed by atoms with Gasteiger partial charge in [0, 0.05) is 62.2 Å². The van der Waals surface area contributed by atoms with Crippen molar-refractivity contribution in [1.29, 1.82) is 0 Å². The van der Waals surface area contributed by atoms with E-state index in [1.54, 1.807) is 0 Å². The largest absolute Gasteiger partial charge is 0.361 e. The summed E-state index contributed by atoms with van der Waals surface area (Å²) in [4.78, 5) is 43.0. The Kier molecular flexibility index (Phi) is 6.23. The predicted octanol–water partition coefficient (Wildman–Crippen LogP) is 2.20. The number of benzene rings is 1. The van der Waals surface area contributed by atoms with Crippen LogP contribution < -0.4 is 5.32 Å². The van der Waals surface area contributed by atoms with E-state index in [1.165, 1.54) is 28.3 Å². The van der Waals surface area contributed by atoms with Gasteiger partial charge in [0.2, 0.25) is 18.2 Å². The molecule has 2 unspecified atom stereocenters. The third kappa shape index (κ3) is 4.14. The topological polar surface area (TPSA) is 85.5 Å². The Balaban J connectivity index is 1.55. The van der Waals surface area contributed by atoms with Crippen molar-refractivity contribution in [1.82, 2.24) is 20.1 Å². The summed E-state index contributed by atoms with van der Waals surface area (Å²) >= 11 is 0. The SMILES string of the molecule is C=CCN1C[C@H](C(=O)N(C=O)CCCNC(C)=O)CC2c3cccc4[nH]cc(c34)CC21. The summed E-state index contributed by atoms with van der Waals surface area (Å²) in [5.41, 5.74) is 3.76. The van der Waals surface area contributed by atoms with Gasteiger partial charge in [-0.1, -0.05) is 18.2 Å². The van der Waals surface area contributed by atoms with Crippen molar-refractivity contribution in [3.05, 3.63) is 48.2 Å². The molecule has 2 aliphatic rings. The van der Waals surface area contributed by atoms with Crippen LogP contribution in [0.1, 0.15) is 36.8 Å². The molecule has 7 nitrogen and oxygen atoms in total. The molecule has 7 heteroatoms. The monoisotopic (exact) mass is 422 g/mol. The van der Waals surface area contributed by atoms with E-state index in [0.717, 1.165) is 18.4 Å². The lowest BCUT2D eigenvalue weighted by Crippen LogP contribution is -2.53. The summed E-state index contributed by atoms with van der Waals surface area (Å²) in [6.07, 6.45) is 6.86. The maximum Gasteiger partial charge on any atom is 0.233 e. The second-order valence-electron chi connectivity index (χ2n) is 8.61. The normalized spacial score (nSPS) is 22.5. The molecule has 1 saturated heterocycles. The number of carbonyl (C=O) groups is 3. The molecule has 0 spiro atoms. The molecule has 164 valence electrons. The minimum Gasteiger partial charge on any atom is -0.361 e. The van der Waals surface area contributed by atoms with Crippen LogP contribution >= 0.6 is 0 Å². The van der Waals surface area contributed by atoms with Crippen molar-refractivity contribution >= 4 is 29.1 Å². The van der Waals surface area contributed by atoms with Gasteiger partial charge in [0.05, 0.1) is 5.92 Å². The molecule has 3 atom stereocenters. The Morgan fingerprint density at radius 2 is 2.23 bits per heavy atom. The summed E-state index contributed by atoms with van der Waals surface area (Å²) < 4.78 is 0. The number of likely N-dealkylation sites (tertiary alicyclic amines) is 1. The molecule has 1 aliphatic carbocycles. The van der Waals surface area contributed by atoms with Gasteiger partial charge in [-0.05, 0) is 36.5 Å². The van der Waals surface area contributed by atoms with Gasteiger partial charge in [-0.15, -0.1) is 6.58 Å². The number of fused-ring (bicyclic) bond motifs is 2. The number of H-pyrrole nitrogens is 1. The molecule has 1 aliphatic heterocycles. The molecule has 0 radical (unpaired) electrons. The van der Waals surface area contributed by atoms with Crippen molar-refractivity contribution in [3.63, 3.8) is 0 Å². The van der Waals surface area contributed by atoms with Crippen LogP contribution in [0.25, 0.3) is 10.9 Å². The average Bonchev–Trinajstić information content (AvgIpc) is 3.18. The summed E-state index contributed by atoms with van der Waals surface area (Å²) in [5.74, 6) is -0.249. The minimum atomic E-state index is -0.247. The van der Waals surface area contributed by atoms with Gasteiger partial charge in [-0.25, -0.2) is 0 Å². The standard InChI is InChI=1S/C24H30N4O3/c1-3-9-27-14-18(24(31)28(15-29)10-5-8-25-16(2)30)11-20-19-6-4-7-21-23(19)17(13-26-21)12-22(20)27/h3-4,6-7,13,15,18,20,22,26H,1,5,8-12,14H2,2H3,(H,25,30)/t18-,20?,22?/m1/s1. The second-order valence-corrected chi connectivity index (χ2v) is 8.61. The summed E-state index contributed by atoms with van der Waals surface area (Å²) in [6, 6.07) is 6.67. The Labute approximate surface area is 182 Å². The van der Waals surface area contributed by atoms with Crippen molar-refractivity contribution in [3.8, 4) is 0 Å². The average molecular weight is 423 g/mol. The smallest absolute Gasteiger partial charge is 0.233 e. The van der Waals surface area contributed by atoms with Crippen LogP contribution in [0.15, 0.2) is 37.1 Å². The lowest BCUT2D eigenvalue weighted by molar-refractivity contribution is -0.143. The second kappa shape index (κ2) is 9.06. The molecular weight excluding hydrogens is 392 g/mol. The number of aromatic amines is 1. The molecule has 31 heavy (non-hydrogen) atoms. The molecule has 2 N–H and O–H groups in total.